The molecule has 1 aliphatic heterocycles. The largest absolute Gasteiger partial charge is 0.392 e. The minimum atomic E-state index is 0.161. The third-order valence-corrected chi connectivity index (χ3v) is 4.76. The molecule has 1 heterocycles. The highest BCUT2D eigenvalue weighted by Crippen LogP contribution is 2.43. The van der Waals surface area contributed by atoms with Crippen molar-refractivity contribution in [2.75, 3.05) is 13.6 Å². The van der Waals surface area contributed by atoms with Gasteiger partial charge in [0.15, 0.2) is 0 Å². The van der Waals surface area contributed by atoms with Crippen molar-refractivity contribution >= 4 is 17.2 Å². The lowest BCUT2D eigenvalue weighted by Gasteiger charge is -2.28. The summed E-state index contributed by atoms with van der Waals surface area (Å²) < 4.78 is 6.28. The summed E-state index contributed by atoms with van der Waals surface area (Å²) in [5, 5.41) is 0. The molecule has 98 valence electrons. The Bertz CT molecular complexity index is 289. The summed E-state index contributed by atoms with van der Waals surface area (Å²) in [6, 6.07) is 0.161. The highest BCUT2D eigenvalue weighted by Gasteiger charge is 2.42. The summed E-state index contributed by atoms with van der Waals surface area (Å²) in [6.07, 6.45) is 8.00. The number of thiocarbonyl (C=S) groups is 1. The lowest BCUT2D eigenvalue weighted by atomic mass is 9.98. The molecular formula is C13H24N2OS. The maximum atomic E-state index is 6.28. The molecule has 2 N–H and O–H groups in total. The van der Waals surface area contributed by atoms with Crippen LogP contribution < -0.4 is 5.73 Å². The van der Waals surface area contributed by atoms with E-state index in [2.05, 4.69) is 18.9 Å². The van der Waals surface area contributed by atoms with Crippen molar-refractivity contribution < 1.29 is 4.74 Å². The fourth-order valence-corrected chi connectivity index (χ4v) is 3.29. The zero-order valence-corrected chi connectivity index (χ0v) is 11.8. The van der Waals surface area contributed by atoms with Crippen LogP contribution in [-0.4, -0.2) is 41.2 Å². The molecule has 2 rings (SSSR count). The van der Waals surface area contributed by atoms with Gasteiger partial charge in [-0.3, -0.25) is 4.90 Å². The van der Waals surface area contributed by atoms with Crippen LogP contribution in [0.3, 0.4) is 0 Å². The van der Waals surface area contributed by atoms with Gasteiger partial charge in [0.1, 0.15) is 0 Å². The second-order valence-electron chi connectivity index (χ2n) is 5.69. The molecule has 1 saturated carbocycles. The molecule has 17 heavy (non-hydrogen) atoms. The first kappa shape index (κ1) is 13.2. The Kier molecular flexibility index (Phi) is 4.06. The molecule has 0 aromatic heterocycles. The zero-order valence-electron chi connectivity index (χ0n) is 10.9. The van der Waals surface area contributed by atoms with E-state index in [1.807, 2.05) is 0 Å². The van der Waals surface area contributed by atoms with Crippen molar-refractivity contribution in [2.45, 2.75) is 63.2 Å². The van der Waals surface area contributed by atoms with E-state index in [0.29, 0.717) is 11.1 Å². The second-order valence-corrected chi connectivity index (χ2v) is 6.16. The average Bonchev–Trinajstić information content (AvgIpc) is 2.89. The summed E-state index contributed by atoms with van der Waals surface area (Å²) in [6.45, 7) is 3.00. The lowest BCUT2D eigenvalue weighted by Crippen LogP contribution is -2.43. The minimum Gasteiger partial charge on any atom is -0.392 e. The van der Waals surface area contributed by atoms with E-state index < -0.39 is 0 Å². The Morgan fingerprint density at radius 2 is 2.12 bits per heavy atom. The van der Waals surface area contributed by atoms with Crippen LogP contribution in [0.25, 0.3) is 0 Å². The first-order valence-electron chi connectivity index (χ1n) is 6.70. The number of nitrogens with two attached hydrogens (primary N) is 1. The number of rotatable bonds is 4. The van der Waals surface area contributed by atoms with Gasteiger partial charge < -0.3 is 10.5 Å². The first-order chi connectivity index (χ1) is 8.02. The molecule has 0 bridgehead atoms. The molecule has 1 aliphatic carbocycles. The molecular weight excluding hydrogens is 232 g/mol. The van der Waals surface area contributed by atoms with Crippen LogP contribution in [0.4, 0.5) is 0 Å². The Labute approximate surface area is 110 Å². The Balaban J connectivity index is 1.83. The quantitative estimate of drug-likeness (QED) is 0.782. The monoisotopic (exact) mass is 256 g/mol. The molecule has 1 saturated heterocycles. The van der Waals surface area contributed by atoms with Gasteiger partial charge in [-0.15, -0.1) is 0 Å². The number of hydrogen-bond donors (Lipinski definition) is 1. The van der Waals surface area contributed by atoms with Crippen LogP contribution in [0, 0.1) is 0 Å². The van der Waals surface area contributed by atoms with E-state index in [1.165, 1.54) is 38.5 Å². The summed E-state index contributed by atoms with van der Waals surface area (Å²) in [5.41, 5.74) is 5.91. The number of ether oxygens (including phenoxy) is 1. The highest BCUT2D eigenvalue weighted by atomic mass is 32.1. The van der Waals surface area contributed by atoms with E-state index in [0.717, 1.165) is 6.54 Å². The lowest BCUT2D eigenvalue weighted by molar-refractivity contribution is -0.0460. The van der Waals surface area contributed by atoms with Crippen LogP contribution >= 0.6 is 12.2 Å². The fraction of sp³-hybridized carbons (Fsp3) is 0.923. The maximum absolute atomic E-state index is 6.28. The third-order valence-electron chi connectivity index (χ3n) is 4.42. The van der Waals surface area contributed by atoms with Gasteiger partial charge in [-0.05, 0) is 39.7 Å². The van der Waals surface area contributed by atoms with Crippen molar-refractivity contribution in [1.29, 1.82) is 0 Å². The standard InChI is InChI=1S/C13H24N2OS/c1-10(12(14)17)15(2)9-11-5-8-13(16-11)6-3-4-7-13/h10-11H,3-9H2,1-2H3,(H2,14,17). The fourth-order valence-electron chi connectivity index (χ4n) is 3.11. The van der Waals surface area contributed by atoms with Gasteiger partial charge >= 0.3 is 0 Å². The minimum absolute atomic E-state index is 0.161. The Hall–Kier alpha value is -0.190. The smallest absolute Gasteiger partial charge is 0.0899 e. The number of likely N-dealkylation sites (N-methyl/N-ethyl adjacent to an activating group) is 1. The summed E-state index contributed by atoms with van der Waals surface area (Å²) in [7, 11) is 2.08. The molecule has 0 amide bonds. The van der Waals surface area contributed by atoms with E-state index >= 15 is 0 Å². The predicted octanol–water partition coefficient (Wildman–Crippen LogP) is 2.08. The van der Waals surface area contributed by atoms with Crippen LogP contribution in [0.1, 0.15) is 45.4 Å². The summed E-state index contributed by atoms with van der Waals surface area (Å²) in [5.74, 6) is 0. The van der Waals surface area contributed by atoms with Gasteiger partial charge in [0.25, 0.3) is 0 Å². The topological polar surface area (TPSA) is 38.5 Å². The molecule has 2 unspecified atom stereocenters. The SMILES string of the molecule is CC(C(N)=S)N(C)CC1CCC2(CCCC2)O1. The predicted molar refractivity (Wildman–Crippen MR) is 74.2 cm³/mol. The van der Waals surface area contributed by atoms with Gasteiger partial charge in [0.2, 0.25) is 0 Å². The van der Waals surface area contributed by atoms with E-state index in [1.54, 1.807) is 0 Å². The van der Waals surface area contributed by atoms with E-state index in [9.17, 15) is 0 Å². The Morgan fingerprint density at radius 1 is 1.47 bits per heavy atom. The number of nitrogens with zero attached hydrogens (tertiary/aromatic N) is 1. The van der Waals surface area contributed by atoms with Gasteiger partial charge in [-0.2, -0.15) is 0 Å². The normalized spacial score (nSPS) is 29.0. The molecule has 2 fully saturated rings. The van der Waals surface area contributed by atoms with Crippen LogP contribution in [0.15, 0.2) is 0 Å². The van der Waals surface area contributed by atoms with E-state index in [4.69, 9.17) is 22.7 Å². The van der Waals surface area contributed by atoms with Crippen molar-refractivity contribution in [1.82, 2.24) is 4.90 Å². The molecule has 1 spiro atoms. The first-order valence-corrected chi connectivity index (χ1v) is 7.11. The Morgan fingerprint density at radius 3 is 2.71 bits per heavy atom. The van der Waals surface area contributed by atoms with Gasteiger partial charge in [-0.1, -0.05) is 25.1 Å². The van der Waals surface area contributed by atoms with Crippen LogP contribution in [0.2, 0.25) is 0 Å². The van der Waals surface area contributed by atoms with Crippen LogP contribution in [0.5, 0.6) is 0 Å². The van der Waals surface area contributed by atoms with Crippen molar-refractivity contribution in [2.24, 2.45) is 5.73 Å². The zero-order chi connectivity index (χ0) is 12.5. The van der Waals surface area contributed by atoms with Crippen molar-refractivity contribution in [3.05, 3.63) is 0 Å². The maximum Gasteiger partial charge on any atom is 0.0899 e. The summed E-state index contributed by atoms with van der Waals surface area (Å²) in [4.78, 5) is 2.78. The molecule has 0 aromatic rings. The molecule has 2 atom stereocenters. The van der Waals surface area contributed by atoms with Gasteiger partial charge in [0.05, 0.1) is 22.7 Å². The highest BCUT2D eigenvalue weighted by molar-refractivity contribution is 7.80. The van der Waals surface area contributed by atoms with Gasteiger partial charge in [-0.25, -0.2) is 0 Å². The van der Waals surface area contributed by atoms with Gasteiger partial charge in [0, 0.05) is 6.54 Å². The second kappa shape index (κ2) is 5.21. The van der Waals surface area contributed by atoms with Crippen molar-refractivity contribution in [3.63, 3.8) is 0 Å². The molecule has 2 aliphatic rings. The molecule has 3 nitrogen and oxygen atoms in total. The summed E-state index contributed by atoms with van der Waals surface area (Å²) >= 11 is 5.03. The van der Waals surface area contributed by atoms with E-state index in [-0.39, 0.29) is 11.6 Å². The average molecular weight is 256 g/mol. The third kappa shape index (κ3) is 2.98. The van der Waals surface area contributed by atoms with Crippen molar-refractivity contribution in [3.8, 4) is 0 Å². The number of hydrogen-bond acceptors (Lipinski definition) is 3. The van der Waals surface area contributed by atoms with Crippen LogP contribution in [-0.2, 0) is 4.74 Å². The molecule has 0 radical (unpaired) electrons. The molecule has 4 heteroatoms. The molecule has 0 aromatic carbocycles.